The molecule has 0 atom stereocenters. The number of ether oxygens (including phenoxy) is 2. The van der Waals surface area contributed by atoms with E-state index in [0.717, 1.165) is 6.07 Å². The molecule has 0 aliphatic carbocycles. The molecule has 0 amide bonds. The van der Waals surface area contributed by atoms with E-state index in [4.69, 9.17) is 14.6 Å². The molecular formula is C21H18N6O6S. The second kappa shape index (κ2) is 8.88. The number of aromatic nitrogens is 3. The average molecular weight is 482 g/mol. The van der Waals surface area contributed by atoms with Gasteiger partial charge in [-0.3, -0.25) is 10.1 Å². The summed E-state index contributed by atoms with van der Waals surface area (Å²) in [5, 5.41) is 20.2. The number of primary sulfonamides is 1. The zero-order chi connectivity index (χ0) is 24.5. The lowest BCUT2D eigenvalue weighted by atomic mass is 10.1. The molecule has 0 bridgehead atoms. The van der Waals surface area contributed by atoms with E-state index >= 15 is 0 Å². The number of anilines is 2. The number of rotatable bonds is 7. The number of nitro groups is 1. The Morgan fingerprint density at radius 2 is 1.74 bits per heavy atom. The number of hydrogen-bond donors (Lipinski definition) is 2. The topological polar surface area (TPSA) is 172 Å². The van der Waals surface area contributed by atoms with Crippen molar-refractivity contribution in [2.45, 2.75) is 4.90 Å². The van der Waals surface area contributed by atoms with Crippen molar-refractivity contribution in [1.29, 1.82) is 0 Å². The Balaban J connectivity index is 2.04. The minimum absolute atomic E-state index is 0.0145. The predicted octanol–water partition coefficient (Wildman–Crippen LogP) is 3.01. The number of nitrogens with one attached hydrogen (secondary N) is 1. The molecule has 2 heterocycles. The van der Waals surface area contributed by atoms with Crippen molar-refractivity contribution in [3.05, 3.63) is 64.8 Å². The van der Waals surface area contributed by atoms with Crippen molar-refractivity contribution in [2.24, 2.45) is 5.14 Å². The first-order valence-electron chi connectivity index (χ1n) is 9.64. The standard InChI is InChI=1S/C21H18N6O6S/c1-32-13-9-12(10-14(11-13)33-2)24-21-19(25-15-5-4-8-23-20(15)26-21)18-16(27(28)29)6-3-7-17(18)34(22,30)31/h3-11H,1-2H3,(H2,22,30,31)(H,23,24,26). The van der Waals surface area contributed by atoms with Crippen LogP contribution in [0.3, 0.4) is 0 Å². The zero-order valence-corrected chi connectivity index (χ0v) is 18.7. The largest absolute Gasteiger partial charge is 0.497 e. The van der Waals surface area contributed by atoms with Crippen LogP contribution >= 0.6 is 0 Å². The van der Waals surface area contributed by atoms with Gasteiger partial charge < -0.3 is 14.8 Å². The van der Waals surface area contributed by atoms with E-state index in [1.54, 1.807) is 30.3 Å². The van der Waals surface area contributed by atoms with E-state index in [1.807, 2.05) is 0 Å². The summed E-state index contributed by atoms with van der Waals surface area (Å²) in [6.45, 7) is 0. The lowest BCUT2D eigenvalue weighted by Crippen LogP contribution is -2.15. The Kier molecular flexibility index (Phi) is 5.96. The van der Waals surface area contributed by atoms with Gasteiger partial charge >= 0.3 is 0 Å². The third-order valence-electron chi connectivity index (χ3n) is 4.80. The van der Waals surface area contributed by atoms with Crippen LogP contribution in [0.1, 0.15) is 0 Å². The summed E-state index contributed by atoms with van der Waals surface area (Å²) < 4.78 is 35.2. The summed E-state index contributed by atoms with van der Waals surface area (Å²) in [5.41, 5.74) is 0.0708. The number of sulfonamides is 1. The Labute approximate surface area is 193 Å². The van der Waals surface area contributed by atoms with Crippen molar-refractivity contribution in [1.82, 2.24) is 15.0 Å². The fraction of sp³-hybridized carbons (Fsp3) is 0.0952. The van der Waals surface area contributed by atoms with Crippen LogP contribution in [0.4, 0.5) is 17.2 Å². The summed E-state index contributed by atoms with van der Waals surface area (Å²) in [7, 11) is -1.39. The second-order valence-corrected chi connectivity index (χ2v) is 8.48. The Morgan fingerprint density at radius 3 is 2.35 bits per heavy atom. The first-order valence-corrected chi connectivity index (χ1v) is 11.2. The van der Waals surface area contributed by atoms with Crippen LogP contribution in [0.5, 0.6) is 11.5 Å². The number of pyridine rings is 1. The van der Waals surface area contributed by atoms with E-state index in [2.05, 4.69) is 20.3 Å². The van der Waals surface area contributed by atoms with Gasteiger partial charge in [-0.25, -0.2) is 28.5 Å². The molecule has 174 valence electrons. The van der Waals surface area contributed by atoms with Crippen LogP contribution in [0.2, 0.25) is 0 Å². The quantitative estimate of drug-likeness (QED) is 0.294. The molecule has 0 radical (unpaired) electrons. The highest BCUT2D eigenvalue weighted by Gasteiger charge is 2.29. The van der Waals surface area contributed by atoms with Gasteiger partial charge in [0.15, 0.2) is 11.5 Å². The molecule has 0 fully saturated rings. The number of benzene rings is 2. The van der Waals surface area contributed by atoms with Crippen molar-refractivity contribution in [3.63, 3.8) is 0 Å². The van der Waals surface area contributed by atoms with Gasteiger partial charge in [-0.1, -0.05) is 6.07 Å². The van der Waals surface area contributed by atoms with Crippen molar-refractivity contribution in [2.75, 3.05) is 19.5 Å². The molecule has 2 aromatic carbocycles. The van der Waals surface area contributed by atoms with Gasteiger partial charge in [0.25, 0.3) is 5.69 Å². The van der Waals surface area contributed by atoms with E-state index < -0.39 is 25.5 Å². The fourth-order valence-corrected chi connectivity index (χ4v) is 4.07. The van der Waals surface area contributed by atoms with Gasteiger partial charge in [-0.2, -0.15) is 0 Å². The molecule has 0 aliphatic rings. The first kappa shape index (κ1) is 22.8. The van der Waals surface area contributed by atoms with Gasteiger partial charge in [0.05, 0.1) is 24.0 Å². The number of nitrogens with zero attached hydrogens (tertiary/aromatic N) is 4. The van der Waals surface area contributed by atoms with Crippen LogP contribution in [-0.2, 0) is 10.0 Å². The molecule has 0 saturated heterocycles. The maximum absolute atomic E-state index is 12.3. The molecular weight excluding hydrogens is 464 g/mol. The fourth-order valence-electron chi connectivity index (χ4n) is 3.32. The minimum Gasteiger partial charge on any atom is -0.497 e. The molecule has 13 heteroatoms. The third-order valence-corrected chi connectivity index (χ3v) is 5.75. The SMILES string of the molecule is COc1cc(Nc2nc3ncccc3nc2-c2c([N+](=O)[O-])cccc2S(N)(=O)=O)cc(OC)c1. The molecule has 0 spiro atoms. The lowest BCUT2D eigenvalue weighted by molar-refractivity contribution is -0.384. The predicted molar refractivity (Wildman–Crippen MR) is 124 cm³/mol. The van der Waals surface area contributed by atoms with E-state index in [9.17, 15) is 18.5 Å². The number of nitrogens with two attached hydrogens (primary N) is 1. The summed E-state index contributed by atoms with van der Waals surface area (Å²) in [6, 6.07) is 11.7. The number of hydrogen-bond acceptors (Lipinski definition) is 10. The van der Waals surface area contributed by atoms with Crippen molar-refractivity contribution >= 4 is 38.4 Å². The highest BCUT2D eigenvalue weighted by Crippen LogP contribution is 2.39. The molecule has 0 saturated carbocycles. The third kappa shape index (κ3) is 4.42. The average Bonchev–Trinajstić information content (AvgIpc) is 2.82. The van der Waals surface area contributed by atoms with E-state index in [0.29, 0.717) is 22.7 Å². The van der Waals surface area contributed by atoms with Crippen LogP contribution in [0, 0.1) is 10.1 Å². The number of fused-ring (bicyclic) bond motifs is 1. The van der Waals surface area contributed by atoms with Gasteiger partial charge in [-0.05, 0) is 18.2 Å². The molecule has 3 N–H and O–H groups in total. The normalized spacial score (nSPS) is 11.3. The minimum atomic E-state index is -4.36. The van der Waals surface area contributed by atoms with Crippen LogP contribution in [0.25, 0.3) is 22.4 Å². The molecule has 2 aromatic heterocycles. The summed E-state index contributed by atoms with van der Waals surface area (Å²) in [4.78, 5) is 23.8. The summed E-state index contributed by atoms with van der Waals surface area (Å²) in [5.74, 6) is 0.943. The Bertz CT molecular complexity index is 1500. The second-order valence-electron chi connectivity index (χ2n) is 6.95. The molecule has 34 heavy (non-hydrogen) atoms. The van der Waals surface area contributed by atoms with Crippen molar-refractivity contribution in [3.8, 4) is 22.8 Å². The molecule has 4 aromatic rings. The summed E-state index contributed by atoms with van der Waals surface area (Å²) >= 11 is 0. The number of methoxy groups -OCH3 is 2. The first-order chi connectivity index (χ1) is 16.2. The van der Waals surface area contributed by atoms with Crippen molar-refractivity contribution < 1.29 is 22.8 Å². The summed E-state index contributed by atoms with van der Waals surface area (Å²) in [6.07, 6.45) is 1.51. The number of nitro benzene ring substituents is 1. The van der Waals surface area contributed by atoms with Gasteiger partial charge in [0.1, 0.15) is 28.3 Å². The monoisotopic (exact) mass is 482 g/mol. The smallest absolute Gasteiger partial charge is 0.280 e. The van der Waals surface area contributed by atoms with Crippen LogP contribution in [0.15, 0.2) is 59.6 Å². The Morgan fingerprint density at radius 1 is 1.03 bits per heavy atom. The molecule has 4 rings (SSSR count). The maximum atomic E-state index is 12.3. The van der Waals surface area contributed by atoms with Crippen LogP contribution in [-0.4, -0.2) is 42.5 Å². The van der Waals surface area contributed by atoms with Crippen LogP contribution < -0.4 is 19.9 Å². The molecule has 0 unspecified atom stereocenters. The van der Waals surface area contributed by atoms with Gasteiger partial charge in [0, 0.05) is 36.1 Å². The lowest BCUT2D eigenvalue weighted by Gasteiger charge is -2.15. The highest BCUT2D eigenvalue weighted by molar-refractivity contribution is 7.89. The zero-order valence-electron chi connectivity index (χ0n) is 17.9. The molecule has 0 aliphatic heterocycles. The van der Waals surface area contributed by atoms with Gasteiger partial charge in [0.2, 0.25) is 10.0 Å². The maximum Gasteiger partial charge on any atom is 0.280 e. The molecule has 12 nitrogen and oxygen atoms in total. The van der Waals surface area contributed by atoms with E-state index in [1.165, 1.54) is 32.5 Å². The van der Waals surface area contributed by atoms with E-state index in [-0.39, 0.29) is 22.7 Å². The Hall–Kier alpha value is -4.36. The highest BCUT2D eigenvalue weighted by atomic mass is 32.2. The van der Waals surface area contributed by atoms with Gasteiger partial charge in [-0.15, -0.1) is 0 Å².